The number of carbonyl (C=O) groups is 1. The molecule has 1 amide bonds. The van der Waals surface area contributed by atoms with Crippen molar-refractivity contribution in [3.05, 3.63) is 76.7 Å². The number of pyridine rings is 1. The summed E-state index contributed by atoms with van der Waals surface area (Å²) in [4.78, 5) is 27.8. The molecule has 7 heteroatoms. The first-order valence-electron chi connectivity index (χ1n) is 9.57. The summed E-state index contributed by atoms with van der Waals surface area (Å²) in [7, 11) is 0. The summed E-state index contributed by atoms with van der Waals surface area (Å²) in [5.74, 6) is 0.760. The van der Waals surface area contributed by atoms with Crippen LogP contribution in [0.15, 0.2) is 55.1 Å². The van der Waals surface area contributed by atoms with E-state index < -0.39 is 0 Å². The number of hydrogen-bond acceptors (Lipinski definition) is 6. The standard InChI is InChI=1S/C22H19N5OS/c28-21(27-16-8-10-23-11-9-16)15-6-4-14(5-7-15)12-24-20-19-17-2-1-3-18(17)29-22(19)26-13-25-20/h4-11,13H,1-3,12H2,(H,23,27,28)(H,24,25,26). The van der Waals surface area contributed by atoms with Crippen molar-refractivity contribution in [3.63, 3.8) is 0 Å². The number of nitrogens with one attached hydrogen (secondary N) is 2. The van der Waals surface area contributed by atoms with Gasteiger partial charge < -0.3 is 10.6 Å². The van der Waals surface area contributed by atoms with Gasteiger partial charge in [-0.3, -0.25) is 9.78 Å². The Kier molecular flexibility index (Phi) is 4.65. The molecular formula is C22H19N5OS. The Morgan fingerprint density at radius 2 is 1.86 bits per heavy atom. The molecule has 29 heavy (non-hydrogen) atoms. The predicted octanol–water partition coefficient (Wildman–Crippen LogP) is 4.44. The van der Waals surface area contributed by atoms with Gasteiger partial charge in [0.1, 0.15) is 17.0 Å². The van der Waals surface area contributed by atoms with Crippen LogP contribution >= 0.6 is 11.3 Å². The highest BCUT2D eigenvalue weighted by atomic mass is 32.1. The Morgan fingerprint density at radius 1 is 1.03 bits per heavy atom. The number of fused-ring (bicyclic) bond motifs is 3. The second-order valence-electron chi connectivity index (χ2n) is 7.00. The minimum Gasteiger partial charge on any atom is -0.365 e. The Bertz CT molecular complexity index is 1170. The number of benzene rings is 1. The zero-order chi connectivity index (χ0) is 19.6. The first kappa shape index (κ1) is 17.8. The van der Waals surface area contributed by atoms with E-state index in [0.29, 0.717) is 12.1 Å². The molecule has 3 aromatic heterocycles. The lowest BCUT2D eigenvalue weighted by atomic mass is 10.1. The minimum absolute atomic E-state index is 0.137. The third-order valence-corrected chi connectivity index (χ3v) is 6.32. The van der Waals surface area contributed by atoms with Crippen LogP contribution in [-0.2, 0) is 19.4 Å². The molecule has 0 aliphatic heterocycles. The zero-order valence-corrected chi connectivity index (χ0v) is 16.5. The maximum atomic E-state index is 12.4. The molecular weight excluding hydrogens is 382 g/mol. The first-order chi connectivity index (χ1) is 14.3. The van der Waals surface area contributed by atoms with Crippen LogP contribution in [0.25, 0.3) is 10.2 Å². The number of rotatable bonds is 5. The molecule has 0 fully saturated rings. The van der Waals surface area contributed by atoms with E-state index in [1.54, 1.807) is 42.2 Å². The van der Waals surface area contributed by atoms with Crippen LogP contribution in [-0.4, -0.2) is 20.9 Å². The third kappa shape index (κ3) is 3.56. The average molecular weight is 401 g/mol. The molecule has 2 N–H and O–H groups in total. The topological polar surface area (TPSA) is 79.8 Å². The van der Waals surface area contributed by atoms with E-state index in [1.165, 1.54) is 22.2 Å². The molecule has 0 atom stereocenters. The summed E-state index contributed by atoms with van der Waals surface area (Å²) in [6.07, 6.45) is 8.41. The van der Waals surface area contributed by atoms with E-state index >= 15 is 0 Å². The highest BCUT2D eigenvalue weighted by molar-refractivity contribution is 7.19. The summed E-state index contributed by atoms with van der Waals surface area (Å²) in [6, 6.07) is 11.1. The maximum Gasteiger partial charge on any atom is 0.255 e. The summed E-state index contributed by atoms with van der Waals surface area (Å²) < 4.78 is 0. The second kappa shape index (κ2) is 7.60. The Balaban J connectivity index is 1.29. The van der Waals surface area contributed by atoms with Gasteiger partial charge in [-0.25, -0.2) is 9.97 Å². The minimum atomic E-state index is -0.137. The van der Waals surface area contributed by atoms with Crippen molar-refractivity contribution >= 4 is 39.0 Å². The largest absolute Gasteiger partial charge is 0.365 e. The molecule has 0 unspecified atom stereocenters. The number of aryl methyl sites for hydroxylation is 2. The quantitative estimate of drug-likeness (QED) is 0.517. The smallest absolute Gasteiger partial charge is 0.255 e. The van der Waals surface area contributed by atoms with E-state index in [4.69, 9.17) is 0 Å². The third-order valence-electron chi connectivity index (χ3n) is 5.12. The van der Waals surface area contributed by atoms with Crippen molar-refractivity contribution in [2.75, 3.05) is 10.6 Å². The summed E-state index contributed by atoms with van der Waals surface area (Å²) in [5, 5.41) is 7.50. The fourth-order valence-corrected chi connectivity index (χ4v) is 4.89. The molecule has 5 rings (SSSR count). The Morgan fingerprint density at radius 3 is 2.69 bits per heavy atom. The summed E-state index contributed by atoms with van der Waals surface area (Å²) in [6.45, 7) is 0.642. The normalized spacial score (nSPS) is 12.7. The Hall–Kier alpha value is -3.32. The van der Waals surface area contributed by atoms with E-state index in [-0.39, 0.29) is 5.91 Å². The second-order valence-corrected chi connectivity index (χ2v) is 8.08. The number of aromatic nitrogens is 3. The van der Waals surface area contributed by atoms with Crippen LogP contribution in [0.3, 0.4) is 0 Å². The number of carbonyl (C=O) groups excluding carboxylic acids is 1. The van der Waals surface area contributed by atoms with Gasteiger partial charge in [-0.05, 0) is 54.7 Å². The van der Waals surface area contributed by atoms with Crippen LogP contribution in [0.1, 0.15) is 32.8 Å². The van der Waals surface area contributed by atoms with Crippen LogP contribution < -0.4 is 10.6 Å². The lowest BCUT2D eigenvalue weighted by Gasteiger charge is -2.09. The van der Waals surface area contributed by atoms with Gasteiger partial charge in [0.2, 0.25) is 0 Å². The van der Waals surface area contributed by atoms with E-state index in [9.17, 15) is 4.79 Å². The number of hydrogen-bond donors (Lipinski definition) is 2. The van der Waals surface area contributed by atoms with Gasteiger partial charge in [0, 0.05) is 35.1 Å². The number of nitrogens with zero attached hydrogens (tertiary/aromatic N) is 3. The van der Waals surface area contributed by atoms with Gasteiger partial charge in [0.05, 0.1) is 5.39 Å². The predicted molar refractivity (Wildman–Crippen MR) is 115 cm³/mol. The zero-order valence-electron chi connectivity index (χ0n) is 15.7. The monoisotopic (exact) mass is 401 g/mol. The van der Waals surface area contributed by atoms with E-state index in [2.05, 4.69) is 25.6 Å². The summed E-state index contributed by atoms with van der Waals surface area (Å²) in [5.41, 5.74) is 3.85. The molecule has 0 saturated heterocycles. The van der Waals surface area contributed by atoms with Crippen LogP contribution in [0.5, 0.6) is 0 Å². The first-order valence-corrected chi connectivity index (χ1v) is 10.4. The molecule has 1 aliphatic rings. The van der Waals surface area contributed by atoms with Crippen molar-refractivity contribution in [2.24, 2.45) is 0 Å². The molecule has 0 spiro atoms. The molecule has 0 saturated carbocycles. The fourth-order valence-electron chi connectivity index (χ4n) is 3.66. The van der Waals surface area contributed by atoms with Crippen LogP contribution in [0.2, 0.25) is 0 Å². The maximum absolute atomic E-state index is 12.4. The van der Waals surface area contributed by atoms with E-state index in [1.807, 2.05) is 24.3 Å². The summed E-state index contributed by atoms with van der Waals surface area (Å²) >= 11 is 1.79. The molecule has 1 aliphatic carbocycles. The fraction of sp³-hybridized carbons (Fsp3) is 0.182. The Labute approximate surface area is 172 Å². The molecule has 4 aromatic rings. The van der Waals surface area contributed by atoms with Gasteiger partial charge in [-0.1, -0.05) is 12.1 Å². The van der Waals surface area contributed by atoms with Gasteiger partial charge in [0.25, 0.3) is 5.91 Å². The lowest BCUT2D eigenvalue weighted by molar-refractivity contribution is 0.102. The number of amides is 1. The lowest BCUT2D eigenvalue weighted by Crippen LogP contribution is -2.12. The molecule has 1 aromatic carbocycles. The average Bonchev–Trinajstić information content (AvgIpc) is 3.34. The van der Waals surface area contributed by atoms with Crippen molar-refractivity contribution in [2.45, 2.75) is 25.8 Å². The van der Waals surface area contributed by atoms with Crippen molar-refractivity contribution in [3.8, 4) is 0 Å². The SMILES string of the molecule is O=C(Nc1ccncc1)c1ccc(CNc2ncnc3sc4c(c23)CCC4)cc1. The number of anilines is 2. The molecule has 0 radical (unpaired) electrons. The van der Waals surface area contributed by atoms with Crippen molar-refractivity contribution in [1.82, 2.24) is 15.0 Å². The number of thiophene rings is 1. The van der Waals surface area contributed by atoms with Crippen LogP contribution in [0, 0.1) is 0 Å². The van der Waals surface area contributed by atoms with Crippen LogP contribution in [0.4, 0.5) is 11.5 Å². The van der Waals surface area contributed by atoms with E-state index in [0.717, 1.165) is 34.7 Å². The molecule has 3 heterocycles. The van der Waals surface area contributed by atoms with Gasteiger partial charge in [-0.2, -0.15) is 0 Å². The highest BCUT2D eigenvalue weighted by Crippen LogP contribution is 2.39. The van der Waals surface area contributed by atoms with Gasteiger partial charge in [0.15, 0.2) is 0 Å². The molecule has 6 nitrogen and oxygen atoms in total. The molecule has 144 valence electrons. The molecule has 0 bridgehead atoms. The highest BCUT2D eigenvalue weighted by Gasteiger charge is 2.21. The van der Waals surface area contributed by atoms with Gasteiger partial charge in [-0.15, -0.1) is 11.3 Å². The van der Waals surface area contributed by atoms with Crippen molar-refractivity contribution in [1.29, 1.82) is 0 Å². The van der Waals surface area contributed by atoms with Gasteiger partial charge >= 0.3 is 0 Å². The van der Waals surface area contributed by atoms with Crippen molar-refractivity contribution < 1.29 is 4.79 Å².